The van der Waals surface area contributed by atoms with Crippen molar-refractivity contribution in [2.24, 2.45) is 0 Å². The largest absolute Gasteiger partial charge is 0.454 e. The van der Waals surface area contributed by atoms with Crippen LogP contribution in [0.2, 0.25) is 0 Å². The molecule has 176 valence electrons. The summed E-state index contributed by atoms with van der Waals surface area (Å²) in [7, 11) is 0. The lowest BCUT2D eigenvalue weighted by molar-refractivity contribution is 0.0596. The number of nitrogens with zero attached hydrogens (tertiary/aromatic N) is 5. The summed E-state index contributed by atoms with van der Waals surface area (Å²) in [4.78, 5) is 34.8. The van der Waals surface area contributed by atoms with Crippen molar-refractivity contribution in [3.8, 4) is 0 Å². The maximum Gasteiger partial charge on any atom is 0.289 e. The minimum Gasteiger partial charge on any atom is -0.454 e. The third-order valence-electron chi connectivity index (χ3n) is 6.59. The van der Waals surface area contributed by atoms with Crippen molar-refractivity contribution in [2.75, 3.05) is 26.2 Å². The Balaban J connectivity index is 1.18. The summed E-state index contributed by atoms with van der Waals surface area (Å²) >= 11 is 0. The summed E-state index contributed by atoms with van der Waals surface area (Å²) in [5, 5.41) is 0. The summed E-state index contributed by atoms with van der Waals surface area (Å²) in [6.45, 7) is 4.03. The van der Waals surface area contributed by atoms with Crippen molar-refractivity contribution >= 4 is 22.6 Å². The molecular formula is C27H25N5O3. The maximum absolute atomic E-state index is 13.1. The highest BCUT2D eigenvalue weighted by Gasteiger charge is 2.24. The molecule has 0 spiro atoms. The number of aromatic nitrogens is 3. The monoisotopic (exact) mass is 467 g/mol. The molecule has 1 aliphatic heterocycles. The van der Waals surface area contributed by atoms with Gasteiger partial charge in [0.1, 0.15) is 11.3 Å². The van der Waals surface area contributed by atoms with Crippen LogP contribution in [0.25, 0.3) is 16.7 Å². The molecule has 4 aromatic heterocycles. The molecule has 0 saturated carbocycles. The molecule has 0 atom stereocenters. The van der Waals surface area contributed by atoms with Crippen molar-refractivity contribution in [3.63, 3.8) is 0 Å². The Kier molecular flexibility index (Phi) is 5.42. The van der Waals surface area contributed by atoms with Gasteiger partial charge in [-0.1, -0.05) is 30.3 Å². The number of carbonyl (C=O) groups is 1. The van der Waals surface area contributed by atoms with Gasteiger partial charge in [0.25, 0.3) is 11.5 Å². The first-order chi connectivity index (χ1) is 17.2. The molecule has 0 N–H and O–H groups in total. The Morgan fingerprint density at radius 1 is 0.857 bits per heavy atom. The molecule has 0 radical (unpaired) electrons. The molecule has 1 aromatic carbocycles. The first-order valence-electron chi connectivity index (χ1n) is 11.8. The highest BCUT2D eigenvalue weighted by atomic mass is 16.4. The van der Waals surface area contributed by atoms with E-state index in [9.17, 15) is 9.59 Å². The SMILES string of the molecule is O=C(c1ccc(Cn2c(=O)c3cccn3c3cccnc32)o1)N1CCN(Cc2ccccc2)CC1. The highest BCUT2D eigenvalue weighted by Crippen LogP contribution is 2.18. The van der Waals surface area contributed by atoms with Gasteiger partial charge in [-0.05, 0) is 42.0 Å². The predicted octanol–water partition coefficient (Wildman–Crippen LogP) is 3.25. The van der Waals surface area contributed by atoms with Gasteiger partial charge in [-0.3, -0.25) is 19.1 Å². The Labute approximate surface area is 201 Å². The van der Waals surface area contributed by atoms with Crippen LogP contribution in [-0.2, 0) is 13.1 Å². The van der Waals surface area contributed by atoms with Crippen molar-refractivity contribution < 1.29 is 9.21 Å². The number of piperazine rings is 1. The third-order valence-corrected chi connectivity index (χ3v) is 6.59. The van der Waals surface area contributed by atoms with Crippen LogP contribution >= 0.6 is 0 Å². The number of furan rings is 1. The van der Waals surface area contributed by atoms with Gasteiger partial charge in [0.2, 0.25) is 0 Å². The van der Waals surface area contributed by atoms with Gasteiger partial charge in [-0.15, -0.1) is 0 Å². The number of carbonyl (C=O) groups excluding carboxylic acids is 1. The summed E-state index contributed by atoms with van der Waals surface area (Å²) in [5.74, 6) is 0.722. The topological polar surface area (TPSA) is 76.0 Å². The first-order valence-corrected chi connectivity index (χ1v) is 11.8. The van der Waals surface area contributed by atoms with Crippen LogP contribution in [-0.4, -0.2) is 55.8 Å². The summed E-state index contributed by atoms with van der Waals surface area (Å²) in [6, 6.07) is 21.2. The van der Waals surface area contributed by atoms with Gasteiger partial charge in [0.05, 0.1) is 12.1 Å². The van der Waals surface area contributed by atoms with Crippen LogP contribution in [0.5, 0.6) is 0 Å². The molecule has 1 amide bonds. The van der Waals surface area contributed by atoms with E-state index >= 15 is 0 Å². The molecule has 8 heteroatoms. The molecule has 0 aliphatic carbocycles. The fraction of sp³-hybridized carbons (Fsp3) is 0.222. The molecular weight excluding hydrogens is 442 g/mol. The van der Waals surface area contributed by atoms with Gasteiger partial charge < -0.3 is 13.7 Å². The first kappa shape index (κ1) is 21.4. The van der Waals surface area contributed by atoms with Gasteiger partial charge in [0.15, 0.2) is 11.4 Å². The van der Waals surface area contributed by atoms with Crippen LogP contribution in [0.4, 0.5) is 0 Å². The fourth-order valence-electron chi connectivity index (χ4n) is 4.77. The van der Waals surface area contributed by atoms with Gasteiger partial charge >= 0.3 is 0 Å². The van der Waals surface area contributed by atoms with Crippen LogP contribution in [0.1, 0.15) is 21.9 Å². The van der Waals surface area contributed by atoms with E-state index in [2.05, 4.69) is 22.0 Å². The van der Waals surface area contributed by atoms with Gasteiger partial charge in [0, 0.05) is 45.1 Å². The van der Waals surface area contributed by atoms with Gasteiger partial charge in [-0.2, -0.15) is 0 Å². The maximum atomic E-state index is 13.1. The van der Waals surface area contributed by atoms with Crippen molar-refractivity contribution in [1.29, 1.82) is 0 Å². The molecule has 0 bridgehead atoms. The van der Waals surface area contributed by atoms with Crippen molar-refractivity contribution in [2.45, 2.75) is 13.1 Å². The molecule has 35 heavy (non-hydrogen) atoms. The van der Waals surface area contributed by atoms with Crippen molar-refractivity contribution in [3.05, 3.63) is 107 Å². The lowest BCUT2D eigenvalue weighted by Gasteiger charge is -2.34. The third kappa shape index (κ3) is 4.02. The van der Waals surface area contributed by atoms with Crippen molar-refractivity contribution in [1.82, 2.24) is 23.8 Å². The minimum absolute atomic E-state index is 0.118. The Morgan fingerprint density at radius 3 is 2.49 bits per heavy atom. The standard InChI is InChI=1S/C27H25N5O3/c33-26-23-9-5-13-31(23)22-8-4-12-28-25(22)32(26)19-21-10-11-24(35-21)27(34)30-16-14-29(15-17-30)18-20-6-2-1-3-7-20/h1-13H,14-19H2. The average Bonchev–Trinajstić information content (AvgIpc) is 3.58. The highest BCUT2D eigenvalue weighted by molar-refractivity contribution is 5.91. The lowest BCUT2D eigenvalue weighted by Crippen LogP contribution is -2.48. The lowest BCUT2D eigenvalue weighted by atomic mass is 10.2. The molecule has 6 rings (SSSR count). The number of hydrogen-bond acceptors (Lipinski definition) is 5. The summed E-state index contributed by atoms with van der Waals surface area (Å²) in [5.41, 5.74) is 3.10. The zero-order valence-corrected chi connectivity index (χ0v) is 19.2. The molecule has 5 heterocycles. The zero-order valence-electron chi connectivity index (χ0n) is 19.2. The average molecular weight is 468 g/mol. The smallest absolute Gasteiger partial charge is 0.289 e. The van der Waals surface area contributed by atoms with Crippen LogP contribution < -0.4 is 5.56 Å². The number of pyridine rings is 1. The second-order valence-corrected chi connectivity index (χ2v) is 8.82. The van der Waals surface area contributed by atoms with E-state index in [-0.39, 0.29) is 18.0 Å². The van der Waals surface area contributed by atoms with Crippen LogP contribution in [0.15, 0.2) is 88.3 Å². The minimum atomic E-state index is -0.153. The molecule has 1 aliphatic rings. The van der Waals surface area contributed by atoms with E-state index in [4.69, 9.17) is 4.42 Å². The van der Waals surface area contributed by atoms with Crippen LogP contribution in [0.3, 0.4) is 0 Å². The predicted molar refractivity (Wildman–Crippen MR) is 132 cm³/mol. The Hall–Kier alpha value is -4.17. The Bertz CT molecular complexity index is 1560. The normalized spacial score (nSPS) is 14.7. The second kappa shape index (κ2) is 8.88. The number of hydrogen-bond donors (Lipinski definition) is 0. The summed E-state index contributed by atoms with van der Waals surface area (Å²) < 4.78 is 9.36. The van der Waals surface area contributed by atoms with Crippen LogP contribution in [0, 0.1) is 0 Å². The zero-order chi connectivity index (χ0) is 23.8. The summed E-state index contributed by atoms with van der Waals surface area (Å²) in [6.07, 6.45) is 3.52. The number of amides is 1. The molecule has 8 nitrogen and oxygen atoms in total. The molecule has 0 unspecified atom stereocenters. The van der Waals surface area contributed by atoms with E-state index in [1.807, 2.05) is 51.9 Å². The van der Waals surface area contributed by atoms with E-state index in [1.54, 1.807) is 29.0 Å². The Morgan fingerprint density at radius 2 is 1.66 bits per heavy atom. The second-order valence-electron chi connectivity index (χ2n) is 8.82. The number of benzene rings is 1. The van der Waals surface area contributed by atoms with E-state index in [1.165, 1.54) is 5.56 Å². The van der Waals surface area contributed by atoms with E-state index < -0.39 is 0 Å². The quantitative estimate of drug-likeness (QED) is 0.397. The molecule has 1 fully saturated rings. The van der Waals surface area contributed by atoms with E-state index in [0.29, 0.717) is 35.8 Å². The van der Waals surface area contributed by atoms with E-state index in [0.717, 1.165) is 25.2 Å². The molecule has 5 aromatic rings. The number of fused-ring (bicyclic) bond motifs is 3. The van der Waals surface area contributed by atoms with Gasteiger partial charge in [-0.25, -0.2) is 4.98 Å². The number of rotatable bonds is 5. The molecule has 1 saturated heterocycles. The fourth-order valence-corrected chi connectivity index (χ4v) is 4.77.